The van der Waals surface area contributed by atoms with Crippen molar-refractivity contribution < 1.29 is 0 Å². The number of hydrogen-bond acceptors (Lipinski definition) is 2. The minimum Gasteiger partial charge on any atom is -0.333 e. The van der Waals surface area contributed by atoms with E-state index in [1.165, 1.54) is 70.9 Å². The summed E-state index contributed by atoms with van der Waals surface area (Å²) in [7, 11) is 0. The third kappa shape index (κ3) is 5.74. The Balaban J connectivity index is 0.861. The van der Waals surface area contributed by atoms with Gasteiger partial charge in [0.15, 0.2) is 0 Å². The van der Waals surface area contributed by atoms with E-state index in [1.807, 2.05) is 0 Å². The molecule has 70 heavy (non-hydrogen) atoms. The van der Waals surface area contributed by atoms with E-state index in [0.29, 0.717) is 0 Å². The molecule has 0 saturated heterocycles. The Bertz CT molecular complexity index is 4340. The third-order valence-corrected chi connectivity index (χ3v) is 15.0. The molecule has 0 amide bonds. The summed E-state index contributed by atoms with van der Waals surface area (Å²) in [4.78, 5) is 11.1. The normalized spacial score (nSPS) is 16.2. The molecule has 6 nitrogen and oxygen atoms in total. The van der Waals surface area contributed by atoms with Crippen LogP contribution >= 0.6 is 0 Å². The predicted molar refractivity (Wildman–Crippen MR) is 291 cm³/mol. The molecule has 0 saturated carbocycles. The molecule has 0 bridgehead atoms. The van der Waals surface area contributed by atoms with Gasteiger partial charge in [-0.05, 0) is 91.2 Å². The van der Waals surface area contributed by atoms with Gasteiger partial charge in [-0.15, -0.1) is 0 Å². The number of aromatic nitrogens is 6. The standard InChI is InChI=1S/C64H44N6/c1-7-29-54-45(21-1)46-22-2-8-30-55(46)67(54)43-19-13-17-41(39-43)52-27-15-35-61(65-52)69-59-34-12-6-26-51(59)63-60(69)38-37-50-49-25-5-11-33-58(49)70(64(50)63)62-36-16-28-53(66-62)42-18-14-20-44(40-42)68-56-31-9-3-23-47(56)48-24-4-10-32-57(48)68/h1-18,20-39,42-43H,19,40H2. The maximum atomic E-state index is 5.59. The average Bonchev–Trinajstić information content (AvgIpc) is 4.16. The van der Waals surface area contributed by atoms with E-state index < -0.39 is 0 Å². The Morgan fingerprint density at radius 3 is 1.64 bits per heavy atom. The Kier molecular flexibility index (Phi) is 8.51. The maximum Gasteiger partial charge on any atom is 0.138 e. The van der Waals surface area contributed by atoms with Gasteiger partial charge in [0.1, 0.15) is 11.6 Å². The molecule has 13 aromatic rings. The van der Waals surface area contributed by atoms with Gasteiger partial charge in [-0.25, -0.2) is 9.97 Å². The van der Waals surface area contributed by atoms with Gasteiger partial charge in [-0.3, -0.25) is 9.13 Å². The fraction of sp³-hybridized carbons (Fsp3) is 0.0625. The fourth-order valence-corrected chi connectivity index (χ4v) is 12.1. The summed E-state index contributed by atoms with van der Waals surface area (Å²) in [5, 5.41) is 9.88. The number of pyridine rings is 2. The number of nitrogens with zero attached hydrogens (tertiary/aromatic N) is 6. The van der Waals surface area contributed by atoms with E-state index in [4.69, 9.17) is 9.97 Å². The Morgan fingerprint density at radius 2 is 0.971 bits per heavy atom. The molecule has 0 radical (unpaired) electrons. The highest BCUT2D eigenvalue weighted by molar-refractivity contribution is 6.26. The van der Waals surface area contributed by atoms with Crippen molar-refractivity contribution in [2.24, 2.45) is 0 Å². The molecule has 6 heterocycles. The zero-order chi connectivity index (χ0) is 45.9. The second kappa shape index (κ2) is 15.3. The lowest BCUT2D eigenvalue weighted by atomic mass is 9.94. The summed E-state index contributed by atoms with van der Waals surface area (Å²) in [6.45, 7) is 0. The zero-order valence-electron chi connectivity index (χ0n) is 38.2. The van der Waals surface area contributed by atoms with E-state index in [9.17, 15) is 0 Å². The van der Waals surface area contributed by atoms with Crippen LogP contribution in [-0.4, -0.2) is 28.2 Å². The zero-order valence-corrected chi connectivity index (χ0v) is 38.2. The van der Waals surface area contributed by atoms with Crippen molar-refractivity contribution in [2.75, 3.05) is 0 Å². The smallest absolute Gasteiger partial charge is 0.138 e. The first kappa shape index (κ1) is 39.0. The van der Waals surface area contributed by atoms with Gasteiger partial charge in [-0.1, -0.05) is 158 Å². The quantitative estimate of drug-likeness (QED) is 0.167. The van der Waals surface area contributed by atoms with Gasteiger partial charge in [0.05, 0.1) is 50.5 Å². The van der Waals surface area contributed by atoms with Crippen LogP contribution in [0.1, 0.15) is 36.2 Å². The summed E-state index contributed by atoms with van der Waals surface area (Å²) >= 11 is 0. The predicted octanol–water partition coefficient (Wildman–Crippen LogP) is 16.1. The number of allylic oxidation sites excluding steroid dienone is 8. The average molecular weight is 897 g/mol. The highest BCUT2D eigenvalue weighted by atomic mass is 15.1. The van der Waals surface area contributed by atoms with E-state index in [2.05, 4.69) is 249 Å². The van der Waals surface area contributed by atoms with Crippen molar-refractivity contribution in [1.29, 1.82) is 0 Å². The van der Waals surface area contributed by atoms with Crippen LogP contribution in [0.15, 0.2) is 231 Å². The molecule has 6 aromatic heterocycles. The topological polar surface area (TPSA) is 45.5 Å². The molecule has 2 aliphatic rings. The number of rotatable bonds is 6. The van der Waals surface area contributed by atoms with Gasteiger partial charge in [0.25, 0.3) is 0 Å². The van der Waals surface area contributed by atoms with Crippen LogP contribution in [0.3, 0.4) is 0 Å². The van der Waals surface area contributed by atoms with Crippen LogP contribution in [-0.2, 0) is 0 Å². The van der Waals surface area contributed by atoms with Gasteiger partial charge >= 0.3 is 0 Å². The summed E-state index contributed by atoms with van der Waals surface area (Å²) in [5.74, 6) is 1.89. The summed E-state index contributed by atoms with van der Waals surface area (Å²) in [6.07, 6.45) is 15.5. The highest BCUT2D eigenvalue weighted by Crippen LogP contribution is 2.43. The second-order valence-electron chi connectivity index (χ2n) is 18.8. The first-order chi connectivity index (χ1) is 34.7. The Morgan fingerprint density at radius 1 is 0.429 bits per heavy atom. The van der Waals surface area contributed by atoms with Crippen LogP contribution in [0.2, 0.25) is 0 Å². The molecule has 7 aromatic carbocycles. The van der Waals surface area contributed by atoms with Crippen molar-refractivity contribution in [3.63, 3.8) is 0 Å². The molecule has 2 aliphatic carbocycles. The van der Waals surface area contributed by atoms with E-state index in [1.54, 1.807) is 0 Å². The monoisotopic (exact) mass is 896 g/mol. The van der Waals surface area contributed by atoms with Crippen LogP contribution in [0, 0.1) is 0 Å². The molecule has 6 heteroatoms. The van der Waals surface area contributed by atoms with Crippen molar-refractivity contribution in [3.05, 3.63) is 242 Å². The molecule has 2 atom stereocenters. The number of para-hydroxylation sites is 6. The first-order valence-electron chi connectivity index (χ1n) is 24.4. The van der Waals surface area contributed by atoms with Crippen LogP contribution in [0.5, 0.6) is 0 Å². The highest BCUT2D eigenvalue weighted by Gasteiger charge is 2.25. The molecule has 2 unspecified atom stereocenters. The van der Waals surface area contributed by atoms with Crippen molar-refractivity contribution in [1.82, 2.24) is 28.2 Å². The lowest BCUT2D eigenvalue weighted by Gasteiger charge is -2.21. The van der Waals surface area contributed by atoms with Crippen molar-refractivity contribution in [3.8, 4) is 11.6 Å². The van der Waals surface area contributed by atoms with Gasteiger partial charge < -0.3 is 9.13 Å². The number of hydrogen-bond donors (Lipinski definition) is 0. The van der Waals surface area contributed by atoms with Crippen molar-refractivity contribution in [2.45, 2.75) is 24.8 Å². The summed E-state index contributed by atoms with van der Waals surface area (Å²) in [5.41, 5.74) is 13.8. The fourth-order valence-electron chi connectivity index (χ4n) is 12.1. The molecular weight excluding hydrogens is 853 g/mol. The lowest BCUT2D eigenvalue weighted by molar-refractivity contribution is 0.650. The minimum atomic E-state index is 0.0969. The molecule has 330 valence electrons. The Labute approximate surface area is 403 Å². The molecule has 0 aliphatic heterocycles. The van der Waals surface area contributed by atoms with Crippen LogP contribution in [0.25, 0.3) is 110 Å². The minimum absolute atomic E-state index is 0.0969. The van der Waals surface area contributed by atoms with E-state index >= 15 is 0 Å². The SMILES string of the molecule is C1=CC(c2cccc(-n3c4ccccc4c4ccc5c(c6ccccc6n5-c5cccc(C6=CC(n7c8ccccc8c8ccccc87)CC=C6)n5)c43)n2)CC(n2c3ccccc3c3ccccc32)=C1. The largest absolute Gasteiger partial charge is 0.333 e. The Hall–Kier alpha value is -9.00. The third-order valence-electron chi connectivity index (χ3n) is 15.0. The summed E-state index contributed by atoms with van der Waals surface area (Å²) < 4.78 is 9.71. The second-order valence-corrected chi connectivity index (χ2v) is 18.8. The molecule has 15 rings (SSSR count). The van der Waals surface area contributed by atoms with Gasteiger partial charge in [0, 0.05) is 65.7 Å². The van der Waals surface area contributed by atoms with Crippen molar-refractivity contribution >= 4 is 98.5 Å². The van der Waals surface area contributed by atoms with Crippen LogP contribution in [0.4, 0.5) is 0 Å². The van der Waals surface area contributed by atoms with Gasteiger partial charge in [-0.2, -0.15) is 0 Å². The van der Waals surface area contributed by atoms with E-state index in [-0.39, 0.29) is 12.0 Å². The number of benzene rings is 7. The van der Waals surface area contributed by atoms with Gasteiger partial charge in [0.2, 0.25) is 0 Å². The lowest BCUT2D eigenvalue weighted by Crippen LogP contribution is -2.09. The summed E-state index contributed by atoms with van der Waals surface area (Å²) in [6, 6.07) is 70.4. The maximum absolute atomic E-state index is 5.59. The molecular formula is C64H44N6. The molecule has 0 spiro atoms. The molecule has 0 fully saturated rings. The molecule has 0 N–H and O–H groups in total. The van der Waals surface area contributed by atoms with Crippen LogP contribution < -0.4 is 0 Å². The number of fused-ring (bicyclic) bond motifs is 13. The first-order valence-corrected chi connectivity index (χ1v) is 24.4. The van der Waals surface area contributed by atoms with E-state index in [0.717, 1.165) is 63.5 Å².